The summed E-state index contributed by atoms with van der Waals surface area (Å²) in [5.74, 6) is 2.08. The van der Waals surface area contributed by atoms with E-state index in [-0.39, 0.29) is 11.9 Å². The van der Waals surface area contributed by atoms with Gasteiger partial charge in [-0.3, -0.25) is 14.8 Å². The number of hydrogen-bond donors (Lipinski definition) is 2. The van der Waals surface area contributed by atoms with E-state index in [1.54, 1.807) is 18.5 Å². The highest BCUT2D eigenvalue weighted by atomic mass is 16.5. The average Bonchev–Trinajstić information content (AvgIpc) is 3.22. The van der Waals surface area contributed by atoms with Crippen LogP contribution in [-0.4, -0.2) is 51.7 Å². The summed E-state index contributed by atoms with van der Waals surface area (Å²) in [5.41, 5.74) is 1.14. The molecule has 27 heavy (non-hydrogen) atoms. The maximum atomic E-state index is 12.7. The van der Waals surface area contributed by atoms with Crippen LogP contribution in [0.4, 0.5) is 5.82 Å². The van der Waals surface area contributed by atoms with E-state index in [2.05, 4.69) is 39.2 Å². The van der Waals surface area contributed by atoms with E-state index in [0.29, 0.717) is 30.0 Å². The fourth-order valence-electron chi connectivity index (χ4n) is 3.31. The Morgan fingerprint density at radius 2 is 2.22 bits per heavy atom. The Balaban J connectivity index is 1.54. The Labute approximate surface area is 160 Å². The number of piperidine rings is 1. The van der Waals surface area contributed by atoms with Crippen molar-refractivity contribution in [3.05, 3.63) is 36.3 Å². The molecule has 1 aliphatic rings. The molecule has 3 rings (SSSR count). The van der Waals surface area contributed by atoms with Crippen LogP contribution in [0.15, 0.2) is 30.6 Å². The van der Waals surface area contributed by atoms with Gasteiger partial charge in [-0.1, -0.05) is 13.8 Å². The van der Waals surface area contributed by atoms with Crippen molar-refractivity contribution in [2.75, 3.05) is 25.0 Å². The number of aromatic amines is 1. The van der Waals surface area contributed by atoms with Crippen molar-refractivity contribution in [1.82, 2.24) is 20.1 Å². The van der Waals surface area contributed by atoms with Crippen molar-refractivity contribution >= 4 is 11.7 Å². The van der Waals surface area contributed by atoms with Gasteiger partial charge in [0.25, 0.3) is 0 Å². The molecule has 1 fully saturated rings. The second-order valence-corrected chi connectivity index (χ2v) is 7.60. The fraction of sp³-hybridized carbons (Fsp3) is 0.550. The van der Waals surface area contributed by atoms with Crippen LogP contribution in [0, 0.1) is 5.92 Å². The number of anilines is 1. The van der Waals surface area contributed by atoms with E-state index in [1.807, 2.05) is 19.1 Å². The number of carbonyl (C=O) groups is 1. The molecule has 1 amide bonds. The Kier molecular flexibility index (Phi) is 6.45. The minimum atomic E-state index is -0.214. The third-order valence-electron chi connectivity index (χ3n) is 4.91. The molecule has 0 saturated carbocycles. The molecular weight excluding hydrogens is 342 g/mol. The predicted octanol–water partition coefficient (Wildman–Crippen LogP) is 3.05. The molecule has 146 valence electrons. The summed E-state index contributed by atoms with van der Waals surface area (Å²) in [6, 6.07) is 5.43. The standard InChI is InChI=1S/C20H29N5O2/c1-14(2)13-27-17-6-7-19(21-11-17)23-20(26)15(3)25-10-4-5-16(12-25)18-8-9-22-24-18/h6-9,11,14-16H,4-5,10,12-13H2,1-3H3,(H,22,24)(H,21,23,26)/t15-,16?/m0/s1. The first-order chi connectivity index (χ1) is 13.0. The van der Waals surface area contributed by atoms with Gasteiger partial charge in [-0.25, -0.2) is 4.98 Å². The monoisotopic (exact) mass is 371 g/mol. The van der Waals surface area contributed by atoms with Crippen molar-refractivity contribution in [2.24, 2.45) is 5.92 Å². The molecule has 0 aliphatic carbocycles. The number of rotatable bonds is 7. The van der Waals surface area contributed by atoms with Crippen LogP contribution < -0.4 is 10.1 Å². The van der Waals surface area contributed by atoms with Gasteiger partial charge in [0, 0.05) is 24.4 Å². The molecule has 1 aliphatic heterocycles. The summed E-state index contributed by atoms with van der Waals surface area (Å²) in [6.07, 6.45) is 5.62. The number of H-pyrrole nitrogens is 1. The van der Waals surface area contributed by atoms with Crippen LogP contribution in [0.3, 0.4) is 0 Å². The zero-order valence-corrected chi connectivity index (χ0v) is 16.3. The summed E-state index contributed by atoms with van der Waals surface area (Å²) in [5, 5.41) is 10.0. The van der Waals surface area contributed by atoms with Crippen LogP contribution >= 0.6 is 0 Å². The SMILES string of the molecule is CC(C)COc1ccc(NC(=O)[C@H](C)N2CCCC(c3ccn[nH]3)C2)nc1. The van der Waals surface area contributed by atoms with Crippen LogP contribution in [0.2, 0.25) is 0 Å². The highest BCUT2D eigenvalue weighted by molar-refractivity contribution is 5.93. The summed E-state index contributed by atoms with van der Waals surface area (Å²) in [7, 11) is 0. The number of carbonyl (C=O) groups excluding carboxylic acids is 1. The summed E-state index contributed by atoms with van der Waals surface area (Å²) in [4.78, 5) is 19.2. The van der Waals surface area contributed by atoms with E-state index in [4.69, 9.17) is 4.74 Å². The normalized spacial score (nSPS) is 19.0. The van der Waals surface area contributed by atoms with Crippen LogP contribution in [0.25, 0.3) is 0 Å². The second kappa shape index (κ2) is 8.99. The molecule has 2 N–H and O–H groups in total. The van der Waals surface area contributed by atoms with Crippen molar-refractivity contribution in [1.29, 1.82) is 0 Å². The molecule has 7 heteroatoms. The van der Waals surface area contributed by atoms with Crippen LogP contribution in [0.1, 0.15) is 45.2 Å². The molecule has 2 aromatic heterocycles. The maximum absolute atomic E-state index is 12.7. The van der Waals surface area contributed by atoms with Crippen LogP contribution in [0.5, 0.6) is 5.75 Å². The van der Waals surface area contributed by atoms with Gasteiger partial charge in [-0.2, -0.15) is 5.10 Å². The van der Waals surface area contributed by atoms with Gasteiger partial charge in [0.05, 0.1) is 18.8 Å². The Morgan fingerprint density at radius 1 is 1.37 bits per heavy atom. The van der Waals surface area contributed by atoms with E-state index < -0.39 is 0 Å². The highest BCUT2D eigenvalue weighted by Gasteiger charge is 2.28. The van der Waals surface area contributed by atoms with Crippen molar-refractivity contribution < 1.29 is 9.53 Å². The lowest BCUT2D eigenvalue weighted by molar-refractivity contribution is -0.121. The maximum Gasteiger partial charge on any atom is 0.242 e. The number of nitrogens with zero attached hydrogens (tertiary/aromatic N) is 3. The van der Waals surface area contributed by atoms with Crippen LogP contribution in [-0.2, 0) is 4.79 Å². The van der Waals surface area contributed by atoms with E-state index in [0.717, 1.165) is 31.6 Å². The Bertz CT molecular complexity index is 714. The lowest BCUT2D eigenvalue weighted by Crippen LogP contribution is -2.46. The van der Waals surface area contributed by atoms with Crippen molar-refractivity contribution in [3.8, 4) is 5.75 Å². The topological polar surface area (TPSA) is 83.1 Å². The number of hydrogen-bond acceptors (Lipinski definition) is 5. The number of likely N-dealkylation sites (tertiary alicyclic amines) is 1. The third-order valence-corrected chi connectivity index (χ3v) is 4.91. The van der Waals surface area contributed by atoms with Gasteiger partial charge in [0.2, 0.25) is 5.91 Å². The number of ether oxygens (including phenoxy) is 1. The molecule has 1 unspecified atom stereocenters. The lowest BCUT2D eigenvalue weighted by Gasteiger charge is -2.35. The molecule has 2 atom stereocenters. The fourth-order valence-corrected chi connectivity index (χ4v) is 3.31. The third kappa shape index (κ3) is 5.29. The minimum absolute atomic E-state index is 0.0383. The largest absolute Gasteiger partial charge is 0.492 e. The molecule has 1 saturated heterocycles. The molecule has 0 aromatic carbocycles. The van der Waals surface area contributed by atoms with Crippen molar-refractivity contribution in [2.45, 2.75) is 45.6 Å². The number of aromatic nitrogens is 3. The number of nitrogens with one attached hydrogen (secondary N) is 2. The Morgan fingerprint density at radius 3 is 2.89 bits per heavy atom. The Hall–Kier alpha value is -2.41. The minimum Gasteiger partial charge on any atom is -0.492 e. The smallest absolute Gasteiger partial charge is 0.242 e. The van der Waals surface area contributed by atoms with E-state index in [1.165, 1.54) is 0 Å². The van der Waals surface area contributed by atoms with Gasteiger partial charge < -0.3 is 10.1 Å². The van der Waals surface area contributed by atoms with Crippen molar-refractivity contribution in [3.63, 3.8) is 0 Å². The van der Waals surface area contributed by atoms with Gasteiger partial charge >= 0.3 is 0 Å². The molecular formula is C20H29N5O2. The van der Waals surface area contributed by atoms with Gasteiger partial charge in [0.1, 0.15) is 11.6 Å². The highest BCUT2D eigenvalue weighted by Crippen LogP contribution is 2.26. The number of pyridine rings is 1. The quantitative estimate of drug-likeness (QED) is 0.782. The summed E-state index contributed by atoms with van der Waals surface area (Å²) >= 11 is 0. The number of amides is 1. The molecule has 0 radical (unpaired) electrons. The first-order valence-corrected chi connectivity index (χ1v) is 9.66. The van der Waals surface area contributed by atoms with Gasteiger partial charge in [0.15, 0.2) is 0 Å². The zero-order valence-electron chi connectivity index (χ0n) is 16.3. The summed E-state index contributed by atoms with van der Waals surface area (Å²) < 4.78 is 5.63. The van der Waals surface area contributed by atoms with Gasteiger partial charge in [-0.15, -0.1) is 0 Å². The molecule has 2 aromatic rings. The van der Waals surface area contributed by atoms with Gasteiger partial charge in [-0.05, 0) is 50.4 Å². The molecule has 0 bridgehead atoms. The first-order valence-electron chi connectivity index (χ1n) is 9.66. The molecule has 3 heterocycles. The second-order valence-electron chi connectivity index (χ2n) is 7.60. The molecule has 0 spiro atoms. The molecule has 7 nitrogen and oxygen atoms in total. The summed E-state index contributed by atoms with van der Waals surface area (Å²) in [6.45, 7) is 8.57. The first kappa shape index (κ1) is 19.4. The predicted molar refractivity (Wildman–Crippen MR) is 105 cm³/mol. The van der Waals surface area contributed by atoms with E-state index >= 15 is 0 Å². The average molecular weight is 371 g/mol. The van der Waals surface area contributed by atoms with E-state index in [9.17, 15) is 4.79 Å². The lowest BCUT2D eigenvalue weighted by atomic mass is 9.94. The zero-order chi connectivity index (χ0) is 19.2.